The highest BCUT2D eigenvalue weighted by atomic mass is 16.5. The molecule has 0 fully saturated rings. The predicted octanol–water partition coefficient (Wildman–Crippen LogP) is 0.890. The number of aromatic amines is 1. The monoisotopic (exact) mass is 382 g/mol. The Bertz CT molecular complexity index is 933. The SMILES string of the molecule is C=NC1=C(/N=C(\C)c2ccc(-c3nnc[nH]3)nc2C)N(CCOC)CC(=O)N1. The summed E-state index contributed by atoms with van der Waals surface area (Å²) in [6, 6.07) is 3.79. The molecule has 146 valence electrons. The van der Waals surface area contributed by atoms with Gasteiger partial charge in [-0.25, -0.2) is 15.0 Å². The Hall–Kier alpha value is -3.40. The first-order valence-electron chi connectivity index (χ1n) is 8.68. The quantitative estimate of drug-likeness (QED) is 0.686. The number of pyridine rings is 1. The number of aliphatic imine (C=N–C) groups is 2. The van der Waals surface area contributed by atoms with Crippen molar-refractivity contribution in [1.82, 2.24) is 30.4 Å². The van der Waals surface area contributed by atoms with Crippen LogP contribution in [0.4, 0.5) is 0 Å². The molecule has 2 N–H and O–H groups in total. The number of aryl methyl sites for hydroxylation is 1. The van der Waals surface area contributed by atoms with Crippen molar-refractivity contribution >= 4 is 18.3 Å². The molecule has 28 heavy (non-hydrogen) atoms. The van der Waals surface area contributed by atoms with Crippen molar-refractivity contribution in [2.24, 2.45) is 9.98 Å². The Morgan fingerprint density at radius 2 is 2.25 bits per heavy atom. The molecule has 2 aromatic heterocycles. The average Bonchev–Trinajstić information content (AvgIpc) is 3.22. The van der Waals surface area contributed by atoms with Gasteiger partial charge in [0.25, 0.3) is 0 Å². The van der Waals surface area contributed by atoms with Crippen LogP contribution in [0.15, 0.2) is 40.1 Å². The van der Waals surface area contributed by atoms with Gasteiger partial charge in [-0.3, -0.25) is 4.79 Å². The molecule has 0 radical (unpaired) electrons. The number of hydrogen-bond donors (Lipinski definition) is 2. The summed E-state index contributed by atoms with van der Waals surface area (Å²) in [5.74, 6) is 1.31. The van der Waals surface area contributed by atoms with Gasteiger partial charge >= 0.3 is 0 Å². The van der Waals surface area contributed by atoms with Crippen molar-refractivity contribution in [3.8, 4) is 11.5 Å². The summed E-state index contributed by atoms with van der Waals surface area (Å²) >= 11 is 0. The Balaban J connectivity index is 1.95. The number of carbonyl (C=O) groups is 1. The third kappa shape index (κ3) is 4.12. The van der Waals surface area contributed by atoms with Crippen LogP contribution in [0.5, 0.6) is 0 Å². The highest BCUT2D eigenvalue weighted by molar-refractivity contribution is 6.00. The van der Waals surface area contributed by atoms with E-state index in [4.69, 9.17) is 9.73 Å². The summed E-state index contributed by atoms with van der Waals surface area (Å²) in [7, 11) is 1.61. The minimum absolute atomic E-state index is 0.163. The molecule has 0 bridgehead atoms. The number of methoxy groups -OCH3 is 1. The van der Waals surface area contributed by atoms with Gasteiger partial charge in [0.1, 0.15) is 12.0 Å². The van der Waals surface area contributed by atoms with E-state index in [9.17, 15) is 4.79 Å². The van der Waals surface area contributed by atoms with Crippen LogP contribution in [0.1, 0.15) is 18.2 Å². The van der Waals surface area contributed by atoms with Crippen molar-refractivity contribution in [1.29, 1.82) is 0 Å². The summed E-state index contributed by atoms with van der Waals surface area (Å²) in [4.78, 5) is 29.9. The van der Waals surface area contributed by atoms with Crippen LogP contribution in [0.25, 0.3) is 11.5 Å². The van der Waals surface area contributed by atoms with Crippen molar-refractivity contribution < 1.29 is 9.53 Å². The van der Waals surface area contributed by atoms with Crippen LogP contribution >= 0.6 is 0 Å². The number of ether oxygens (including phenoxy) is 1. The van der Waals surface area contributed by atoms with Crippen molar-refractivity contribution in [2.45, 2.75) is 13.8 Å². The topological polar surface area (TPSA) is 121 Å². The van der Waals surface area contributed by atoms with Crippen LogP contribution in [0.2, 0.25) is 0 Å². The van der Waals surface area contributed by atoms with E-state index in [0.29, 0.717) is 36.3 Å². The lowest BCUT2D eigenvalue weighted by atomic mass is 10.1. The lowest BCUT2D eigenvalue weighted by Crippen LogP contribution is -2.44. The van der Waals surface area contributed by atoms with Gasteiger partial charge in [-0.15, -0.1) is 10.2 Å². The van der Waals surface area contributed by atoms with Gasteiger partial charge in [0.15, 0.2) is 17.5 Å². The summed E-state index contributed by atoms with van der Waals surface area (Å²) in [6.07, 6.45) is 1.51. The van der Waals surface area contributed by atoms with Crippen molar-refractivity contribution in [3.63, 3.8) is 0 Å². The Labute approximate surface area is 162 Å². The van der Waals surface area contributed by atoms with Gasteiger partial charge < -0.3 is 19.9 Å². The molecule has 0 unspecified atom stereocenters. The van der Waals surface area contributed by atoms with Gasteiger partial charge in [0.2, 0.25) is 5.91 Å². The van der Waals surface area contributed by atoms with Crippen molar-refractivity contribution in [3.05, 3.63) is 41.4 Å². The third-order valence-corrected chi connectivity index (χ3v) is 4.24. The minimum atomic E-state index is -0.163. The van der Waals surface area contributed by atoms with E-state index in [-0.39, 0.29) is 12.5 Å². The van der Waals surface area contributed by atoms with Gasteiger partial charge in [0.05, 0.1) is 13.2 Å². The van der Waals surface area contributed by atoms with Crippen LogP contribution in [-0.2, 0) is 9.53 Å². The zero-order valence-corrected chi connectivity index (χ0v) is 16.1. The first-order chi connectivity index (χ1) is 13.5. The smallest absolute Gasteiger partial charge is 0.245 e. The second kappa shape index (κ2) is 8.53. The maximum atomic E-state index is 11.9. The second-order valence-corrected chi connectivity index (χ2v) is 6.16. The first-order valence-corrected chi connectivity index (χ1v) is 8.68. The molecule has 10 nitrogen and oxygen atoms in total. The van der Waals surface area contributed by atoms with E-state index in [0.717, 1.165) is 17.0 Å². The maximum absolute atomic E-state index is 11.9. The van der Waals surface area contributed by atoms with E-state index >= 15 is 0 Å². The van der Waals surface area contributed by atoms with Crippen LogP contribution in [0, 0.1) is 6.92 Å². The van der Waals surface area contributed by atoms with Crippen LogP contribution in [-0.4, -0.2) is 70.2 Å². The molecule has 0 spiro atoms. The molecule has 1 aliphatic rings. The number of carbonyl (C=O) groups excluding carboxylic acids is 1. The summed E-state index contributed by atoms with van der Waals surface area (Å²) < 4.78 is 5.14. The highest BCUT2D eigenvalue weighted by Crippen LogP contribution is 2.20. The number of nitrogens with zero attached hydrogens (tertiary/aromatic N) is 6. The fourth-order valence-electron chi connectivity index (χ4n) is 2.87. The average molecular weight is 382 g/mol. The molecule has 0 saturated heterocycles. The summed E-state index contributed by atoms with van der Waals surface area (Å²) in [6.45, 7) is 8.48. The van der Waals surface area contributed by atoms with E-state index in [1.165, 1.54) is 6.33 Å². The number of nitrogens with one attached hydrogen (secondary N) is 2. The Kier molecular flexibility index (Phi) is 5.90. The van der Waals surface area contributed by atoms with Gasteiger partial charge in [-0.1, -0.05) is 0 Å². The highest BCUT2D eigenvalue weighted by Gasteiger charge is 2.24. The maximum Gasteiger partial charge on any atom is 0.245 e. The molecule has 0 aromatic carbocycles. The van der Waals surface area contributed by atoms with Crippen molar-refractivity contribution in [2.75, 3.05) is 26.8 Å². The molecule has 2 aromatic rings. The fourth-order valence-corrected chi connectivity index (χ4v) is 2.87. The van der Waals surface area contributed by atoms with Crippen LogP contribution in [0.3, 0.4) is 0 Å². The number of aromatic nitrogens is 4. The second-order valence-electron chi connectivity index (χ2n) is 6.16. The molecule has 0 atom stereocenters. The molecule has 0 saturated carbocycles. The minimum Gasteiger partial charge on any atom is -0.383 e. The molecule has 1 aliphatic heterocycles. The number of H-pyrrole nitrogens is 1. The molecule has 3 heterocycles. The van der Waals surface area contributed by atoms with Gasteiger partial charge in [-0.05, 0) is 32.7 Å². The largest absolute Gasteiger partial charge is 0.383 e. The third-order valence-electron chi connectivity index (χ3n) is 4.24. The molecule has 10 heteroatoms. The Morgan fingerprint density at radius 1 is 1.43 bits per heavy atom. The first kappa shape index (κ1) is 19.4. The zero-order chi connectivity index (χ0) is 20.1. The molecule has 3 rings (SSSR count). The predicted molar refractivity (Wildman–Crippen MR) is 105 cm³/mol. The van der Waals surface area contributed by atoms with E-state index in [1.54, 1.807) is 7.11 Å². The van der Waals surface area contributed by atoms with E-state index < -0.39 is 0 Å². The lowest BCUT2D eigenvalue weighted by Gasteiger charge is -2.29. The van der Waals surface area contributed by atoms with Gasteiger partial charge in [-0.2, -0.15) is 0 Å². The zero-order valence-electron chi connectivity index (χ0n) is 16.1. The standard InChI is InChI=1S/C18H22N8O2/c1-11-13(5-6-14(22-11)16-20-10-21-25-16)12(2)23-18-17(19-3)24-15(27)9-26(18)7-8-28-4/h5-6,10H,3,7-9H2,1-2,4H3,(H,24,27)(H,20,21,25)/b23-12+. The fraction of sp³-hybridized carbons (Fsp3) is 0.333. The number of hydrogen-bond acceptors (Lipinski definition) is 8. The van der Waals surface area contributed by atoms with Crippen LogP contribution < -0.4 is 5.32 Å². The molecule has 0 aliphatic carbocycles. The normalized spacial score (nSPS) is 15.0. The summed E-state index contributed by atoms with van der Waals surface area (Å²) in [5, 5.41) is 10.5. The molecular weight excluding hydrogens is 360 g/mol. The molecular formula is C18H22N8O2. The van der Waals surface area contributed by atoms with Gasteiger partial charge in [0, 0.05) is 30.6 Å². The number of rotatable bonds is 7. The Morgan fingerprint density at radius 3 is 2.89 bits per heavy atom. The van der Waals surface area contributed by atoms with E-state index in [1.807, 2.05) is 30.9 Å². The summed E-state index contributed by atoms with van der Waals surface area (Å²) in [5.41, 5.74) is 3.12. The number of amides is 1. The molecule has 1 amide bonds. The lowest BCUT2D eigenvalue weighted by molar-refractivity contribution is -0.122. The van der Waals surface area contributed by atoms with E-state index in [2.05, 4.69) is 37.2 Å².